The standard InChI is InChI=1S/C7H16N2/c1-2-7-3-6(4-8)5-9-7/h6-7,9H,2-5,8H2,1H3/t6-,7+/m1/s1. The van der Waals surface area contributed by atoms with Crippen molar-refractivity contribution in [1.29, 1.82) is 0 Å². The van der Waals surface area contributed by atoms with Crippen LogP contribution in [0.2, 0.25) is 0 Å². The molecular formula is C7H16N2. The van der Waals surface area contributed by atoms with Crippen LogP contribution >= 0.6 is 0 Å². The summed E-state index contributed by atoms with van der Waals surface area (Å²) in [7, 11) is 0. The van der Waals surface area contributed by atoms with Gasteiger partial charge in [0.1, 0.15) is 0 Å². The van der Waals surface area contributed by atoms with Gasteiger partial charge in [-0.25, -0.2) is 0 Å². The molecule has 0 unspecified atom stereocenters. The van der Waals surface area contributed by atoms with Gasteiger partial charge in [-0.3, -0.25) is 0 Å². The van der Waals surface area contributed by atoms with Crippen LogP contribution in [0.25, 0.3) is 0 Å². The molecule has 0 amide bonds. The van der Waals surface area contributed by atoms with Crippen LogP contribution in [-0.2, 0) is 0 Å². The van der Waals surface area contributed by atoms with E-state index in [4.69, 9.17) is 5.73 Å². The monoisotopic (exact) mass is 128 g/mol. The van der Waals surface area contributed by atoms with Crippen molar-refractivity contribution in [2.75, 3.05) is 13.1 Å². The van der Waals surface area contributed by atoms with E-state index >= 15 is 0 Å². The summed E-state index contributed by atoms with van der Waals surface area (Å²) in [5.41, 5.74) is 5.51. The van der Waals surface area contributed by atoms with Crippen molar-refractivity contribution >= 4 is 0 Å². The predicted molar refractivity (Wildman–Crippen MR) is 39.2 cm³/mol. The van der Waals surface area contributed by atoms with Crippen molar-refractivity contribution in [2.45, 2.75) is 25.8 Å². The highest BCUT2D eigenvalue weighted by Gasteiger charge is 2.20. The molecule has 0 aromatic carbocycles. The Balaban J connectivity index is 2.20. The molecule has 0 bridgehead atoms. The highest BCUT2D eigenvalue weighted by atomic mass is 14.9. The Labute approximate surface area is 56.8 Å². The van der Waals surface area contributed by atoms with Crippen molar-refractivity contribution in [2.24, 2.45) is 11.7 Å². The van der Waals surface area contributed by atoms with E-state index in [-0.39, 0.29) is 0 Å². The smallest absolute Gasteiger partial charge is 0.00681 e. The minimum atomic E-state index is 0.745. The van der Waals surface area contributed by atoms with Crippen molar-refractivity contribution < 1.29 is 0 Å². The zero-order valence-corrected chi connectivity index (χ0v) is 6.06. The molecule has 0 saturated carbocycles. The van der Waals surface area contributed by atoms with E-state index in [1.54, 1.807) is 0 Å². The van der Waals surface area contributed by atoms with E-state index in [1.165, 1.54) is 12.8 Å². The van der Waals surface area contributed by atoms with Gasteiger partial charge in [0.05, 0.1) is 0 Å². The molecule has 0 aliphatic carbocycles. The van der Waals surface area contributed by atoms with Crippen molar-refractivity contribution in [3.05, 3.63) is 0 Å². The average Bonchev–Trinajstić information content (AvgIpc) is 2.34. The molecule has 1 saturated heterocycles. The maximum absolute atomic E-state index is 5.51. The zero-order valence-electron chi connectivity index (χ0n) is 6.06. The van der Waals surface area contributed by atoms with Gasteiger partial charge in [-0.2, -0.15) is 0 Å². The molecule has 1 heterocycles. The largest absolute Gasteiger partial charge is 0.330 e. The molecular weight excluding hydrogens is 112 g/mol. The molecule has 2 atom stereocenters. The van der Waals surface area contributed by atoms with Gasteiger partial charge in [0.25, 0.3) is 0 Å². The van der Waals surface area contributed by atoms with Gasteiger partial charge < -0.3 is 11.1 Å². The molecule has 3 N–H and O–H groups in total. The number of nitrogens with two attached hydrogens (primary N) is 1. The van der Waals surface area contributed by atoms with Gasteiger partial charge in [-0.15, -0.1) is 0 Å². The minimum Gasteiger partial charge on any atom is -0.330 e. The van der Waals surface area contributed by atoms with E-state index in [0.717, 1.165) is 25.0 Å². The summed E-state index contributed by atoms with van der Waals surface area (Å²) >= 11 is 0. The Morgan fingerprint density at radius 3 is 2.78 bits per heavy atom. The minimum absolute atomic E-state index is 0.745. The summed E-state index contributed by atoms with van der Waals surface area (Å²) in [6.07, 6.45) is 2.53. The molecule has 0 spiro atoms. The molecule has 54 valence electrons. The molecule has 1 fully saturated rings. The van der Waals surface area contributed by atoms with Gasteiger partial charge in [-0.1, -0.05) is 6.92 Å². The summed E-state index contributed by atoms with van der Waals surface area (Å²) in [5.74, 6) is 0.745. The summed E-state index contributed by atoms with van der Waals surface area (Å²) in [6.45, 7) is 4.20. The van der Waals surface area contributed by atoms with E-state index in [2.05, 4.69) is 12.2 Å². The van der Waals surface area contributed by atoms with E-state index in [9.17, 15) is 0 Å². The van der Waals surface area contributed by atoms with Crippen LogP contribution in [0.15, 0.2) is 0 Å². The lowest BCUT2D eigenvalue weighted by atomic mass is 10.1. The molecule has 0 aromatic rings. The molecule has 9 heavy (non-hydrogen) atoms. The average molecular weight is 128 g/mol. The Kier molecular flexibility index (Phi) is 2.49. The van der Waals surface area contributed by atoms with Gasteiger partial charge in [0.15, 0.2) is 0 Å². The fourth-order valence-corrected chi connectivity index (χ4v) is 1.39. The van der Waals surface area contributed by atoms with Gasteiger partial charge in [-0.05, 0) is 31.8 Å². The fraction of sp³-hybridized carbons (Fsp3) is 1.00. The van der Waals surface area contributed by atoms with E-state index in [1.807, 2.05) is 0 Å². The molecule has 1 aliphatic rings. The molecule has 2 nitrogen and oxygen atoms in total. The molecule has 0 aromatic heterocycles. The number of hydrogen-bond acceptors (Lipinski definition) is 2. The van der Waals surface area contributed by atoms with Crippen molar-refractivity contribution in [3.63, 3.8) is 0 Å². The fourth-order valence-electron chi connectivity index (χ4n) is 1.39. The first-order chi connectivity index (χ1) is 4.36. The second kappa shape index (κ2) is 3.18. The Morgan fingerprint density at radius 2 is 2.44 bits per heavy atom. The Morgan fingerprint density at radius 1 is 1.67 bits per heavy atom. The number of nitrogens with one attached hydrogen (secondary N) is 1. The van der Waals surface area contributed by atoms with E-state index < -0.39 is 0 Å². The predicted octanol–water partition coefficient (Wildman–Crippen LogP) is 0.333. The maximum atomic E-state index is 5.51. The van der Waals surface area contributed by atoms with Crippen LogP contribution in [0.5, 0.6) is 0 Å². The lowest BCUT2D eigenvalue weighted by Gasteiger charge is -2.04. The van der Waals surface area contributed by atoms with E-state index in [0.29, 0.717) is 0 Å². The summed E-state index contributed by atoms with van der Waals surface area (Å²) in [4.78, 5) is 0. The normalized spacial score (nSPS) is 35.3. The third-order valence-corrected chi connectivity index (χ3v) is 2.14. The highest BCUT2D eigenvalue weighted by Crippen LogP contribution is 2.13. The van der Waals surface area contributed by atoms with Crippen molar-refractivity contribution in [1.82, 2.24) is 5.32 Å². The topological polar surface area (TPSA) is 38.0 Å². The molecule has 1 rings (SSSR count). The van der Waals surface area contributed by atoms with Crippen LogP contribution in [0, 0.1) is 5.92 Å². The van der Waals surface area contributed by atoms with Crippen LogP contribution in [0.3, 0.4) is 0 Å². The molecule has 1 aliphatic heterocycles. The maximum Gasteiger partial charge on any atom is 0.00681 e. The van der Waals surface area contributed by atoms with Gasteiger partial charge in [0.2, 0.25) is 0 Å². The zero-order chi connectivity index (χ0) is 6.69. The summed E-state index contributed by atoms with van der Waals surface area (Å²) < 4.78 is 0. The Bertz CT molecular complexity index is 73.0. The first-order valence-corrected chi connectivity index (χ1v) is 3.80. The lowest BCUT2D eigenvalue weighted by molar-refractivity contribution is 0.550. The highest BCUT2D eigenvalue weighted by molar-refractivity contribution is 4.80. The third-order valence-electron chi connectivity index (χ3n) is 2.14. The van der Waals surface area contributed by atoms with Gasteiger partial charge >= 0.3 is 0 Å². The summed E-state index contributed by atoms with van der Waals surface area (Å²) in [6, 6.07) is 0.749. The quantitative estimate of drug-likeness (QED) is 0.562. The van der Waals surface area contributed by atoms with Crippen LogP contribution < -0.4 is 11.1 Å². The summed E-state index contributed by atoms with van der Waals surface area (Å²) in [5, 5.41) is 3.43. The third kappa shape index (κ3) is 1.66. The van der Waals surface area contributed by atoms with Crippen LogP contribution in [-0.4, -0.2) is 19.1 Å². The Hall–Kier alpha value is -0.0800. The first kappa shape index (κ1) is 7.03. The molecule has 2 heteroatoms. The van der Waals surface area contributed by atoms with Crippen molar-refractivity contribution in [3.8, 4) is 0 Å². The van der Waals surface area contributed by atoms with Crippen LogP contribution in [0.4, 0.5) is 0 Å². The first-order valence-electron chi connectivity index (χ1n) is 3.80. The second-order valence-corrected chi connectivity index (χ2v) is 2.85. The van der Waals surface area contributed by atoms with Crippen LogP contribution in [0.1, 0.15) is 19.8 Å². The second-order valence-electron chi connectivity index (χ2n) is 2.85. The number of rotatable bonds is 2. The lowest BCUT2D eigenvalue weighted by Crippen LogP contribution is -2.20. The molecule has 0 radical (unpaired) electrons. The SMILES string of the molecule is CC[C@H]1C[C@H](CN)CN1. The van der Waals surface area contributed by atoms with Gasteiger partial charge in [0, 0.05) is 6.04 Å². The number of hydrogen-bond donors (Lipinski definition) is 2.